The Balaban J connectivity index is 1.49. The van der Waals surface area contributed by atoms with Gasteiger partial charge in [-0.1, -0.05) is 29.3 Å². The SMILES string of the molecule is CC(C)(C(=O)NCc1cc(Cl)c(C2CCC(=O)NC2=O)c(Cl)c1)c1cc2cccnc2cn1. The van der Waals surface area contributed by atoms with Crippen LogP contribution in [0.1, 0.15) is 49.4 Å². The second-order valence-electron chi connectivity index (χ2n) is 8.55. The van der Waals surface area contributed by atoms with E-state index in [2.05, 4.69) is 20.6 Å². The van der Waals surface area contributed by atoms with Crippen LogP contribution in [0.2, 0.25) is 10.0 Å². The quantitative estimate of drug-likeness (QED) is 0.531. The molecule has 1 fully saturated rings. The number of aromatic nitrogens is 2. The molecule has 170 valence electrons. The lowest BCUT2D eigenvalue weighted by Crippen LogP contribution is -2.40. The van der Waals surface area contributed by atoms with E-state index < -0.39 is 17.2 Å². The minimum absolute atomic E-state index is 0.201. The molecule has 1 aliphatic heterocycles. The number of nitrogens with zero attached hydrogens (tertiary/aromatic N) is 2. The number of piperidine rings is 1. The number of amides is 3. The number of imide groups is 1. The first-order chi connectivity index (χ1) is 15.7. The molecule has 0 spiro atoms. The Kier molecular flexibility index (Phi) is 6.36. The molecule has 3 heterocycles. The highest BCUT2D eigenvalue weighted by Crippen LogP contribution is 2.37. The summed E-state index contributed by atoms with van der Waals surface area (Å²) in [5.41, 5.74) is 1.70. The van der Waals surface area contributed by atoms with Crippen molar-refractivity contribution in [3.8, 4) is 0 Å². The highest BCUT2D eigenvalue weighted by atomic mass is 35.5. The standard InChI is InChI=1S/C24H22Cl2N4O3/c1-24(2,19-10-14-4-3-7-27-18(14)12-28-19)23(33)29-11-13-8-16(25)21(17(26)9-13)15-5-6-20(31)30-22(15)32/h3-4,7-10,12,15H,5-6,11H2,1-2H3,(H,29,33)(H,30,31,32). The Morgan fingerprint density at radius 1 is 1.18 bits per heavy atom. The fourth-order valence-corrected chi connectivity index (χ4v) is 4.67. The number of benzene rings is 1. The van der Waals surface area contributed by atoms with Gasteiger partial charge in [-0.05, 0) is 50.1 Å². The van der Waals surface area contributed by atoms with Crippen LogP contribution in [0.25, 0.3) is 10.9 Å². The molecular weight excluding hydrogens is 463 g/mol. The van der Waals surface area contributed by atoms with Gasteiger partial charge in [0.2, 0.25) is 17.7 Å². The minimum atomic E-state index is -0.885. The van der Waals surface area contributed by atoms with Crippen LogP contribution in [-0.2, 0) is 26.3 Å². The van der Waals surface area contributed by atoms with Gasteiger partial charge in [0.05, 0.1) is 28.7 Å². The monoisotopic (exact) mass is 484 g/mol. The highest BCUT2D eigenvalue weighted by molar-refractivity contribution is 6.36. The predicted octanol–water partition coefficient (Wildman–Crippen LogP) is 4.05. The number of fused-ring (bicyclic) bond motifs is 1. The predicted molar refractivity (Wildman–Crippen MR) is 126 cm³/mol. The first-order valence-corrected chi connectivity index (χ1v) is 11.2. The molecule has 0 radical (unpaired) electrons. The van der Waals surface area contributed by atoms with Crippen molar-refractivity contribution in [2.45, 2.75) is 44.6 Å². The lowest BCUT2D eigenvalue weighted by atomic mass is 9.87. The van der Waals surface area contributed by atoms with Crippen molar-refractivity contribution in [2.24, 2.45) is 0 Å². The fourth-order valence-electron chi connectivity index (χ4n) is 3.88. The van der Waals surface area contributed by atoms with Crippen molar-refractivity contribution in [1.29, 1.82) is 0 Å². The van der Waals surface area contributed by atoms with Gasteiger partial charge in [-0.3, -0.25) is 29.7 Å². The van der Waals surface area contributed by atoms with E-state index >= 15 is 0 Å². The normalized spacial score (nSPS) is 16.5. The maximum Gasteiger partial charge on any atom is 0.234 e. The molecule has 3 amide bonds. The molecule has 1 aromatic carbocycles. The van der Waals surface area contributed by atoms with Crippen LogP contribution in [0, 0.1) is 0 Å². The van der Waals surface area contributed by atoms with Crippen molar-refractivity contribution in [3.05, 3.63) is 69.6 Å². The molecule has 4 rings (SSSR count). The van der Waals surface area contributed by atoms with Crippen molar-refractivity contribution < 1.29 is 14.4 Å². The third-order valence-electron chi connectivity index (χ3n) is 5.88. The van der Waals surface area contributed by atoms with Crippen LogP contribution in [0.3, 0.4) is 0 Å². The van der Waals surface area contributed by atoms with Crippen LogP contribution in [-0.4, -0.2) is 27.7 Å². The average Bonchev–Trinajstić information content (AvgIpc) is 2.78. The molecule has 1 saturated heterocycles. The third kappa shape index (κ3) is 4.70. The molecule has 2 aromatic heterocycles. The Hall–Kier alpha value is -3.03. The number of hydrogen-bond donors (Lipinski definition) is 2. The first-order valence-electron chi connectivity index (χ1n) is 10.5. The number of pyridine rings is 2. The molecule has 0 saturated carbocycles. The number of nitrogens with one attached hydrogen (secondary N) is 2. The van der Waals surface area contributed by atoms with Gasteiger partial charge in [-0.15, -0.1) is 0 Å². The molecule has 1 aliphatic rings. The van der Waals surface area contributed by atoms with Gasteiger partial charge in [-0.25, -0.2) is 0 Å². The largest absolute Gasteiger partial charge is 0.351 e. The van der Waals surface area contributed by atoms with Crippen LogP contribution in [0.4, 0.5) is 0 Å². The van der Waals surface area contributed by atoms with E-state index in [9.17, 15) is 14.4 Å². The summed E-state index contributed by atoms with van der Waals surface area (Å²) in [7, 11) is 0. The van der Waals surface area contributed by atoms with Gasteiger partial charge in [0.25, 0.3) is 0 Å². The van der Waals surface area contributed by atoms with E-state index in [-0.39, 0.29) is 24.8 Å². The third-order valence-corrected chi connectivity index (χ3v) is 6.50. The van der Waals surface area contributed by atoms with E-state index in [1.807, 2.05) is 18.2 Å². The highest BCUT2D eigenvalue weighted by Gasteiger charge is 2.33. The zero-order valence-electron chi connectivity index (χ0n) is 18.1. The Morgan fingerprint density at radius 2 is 1.91 bits per heavy atom. The molecule has 9 heteroatoms. The maximum absolute atomic E-state index is 13.0. The maximum atomic E-state index is 13.0. The van der Waals surface area contributed by atoms with Crippen molar-refractivity contribution in [2.75, 3.05) is 0 Å². The molecule has 0 aliphatic carbocycles. The molecule has 33 heavy (non-hydrogen) atoms. The van der Waals surface area contributed by atoms with Crippen molar-refractivity contribution in [3.63, 3.8) is 0 Å². The van der Waals surface area contributed by atoms with Crippen LogP contribution < -0.4 is 10.6 Å². The van der Waals surface area contributed by atoms with Crippen LogP contribution in [0.15, 0.2) is 42.7 Å². The van der Waals surface area contributed by atoms with Crippen molar-refractivity contribution in [1.82, 2.24) is 20.6 Å². The summed E-state index contributed by atoms with van der Waals surface area (Å²) < 4.78 is 0. The Bertz CT molecular complexity index is 1250. The molecule has 2 N–H and O–H groups in total. The summed E-state index contributed by atoms with van der Waals surface area (Å²) in [5.74, 6) is -1.50. The molecule has 7 nitrogen and oxygen atoms in total. The van der Waals surface area contributed by atoms with Crippen molar-refractivity contribution >= 4 is 51.8 Å². The number of carbonyl (C=O) groups excluding carboxylic acids is 3. The van der Waals surface area contributed by atoms with Gasteiger partial charge < -0.3 is 5.32 Å². The zero-order chi connectivity index (χ0) is 23.8. The smallest absolute Gasteiger partial charge is 0.234 e. The number of hydrogen-bond acceptors (Lipinski definition) is 5. The first kappa shape index (κ1) is 23.1. The molecule has 1 atom stereocenters. The summed E-state index contributed by atoms with van der Waals surface area (Å²) in [4.78, 5) is 45.4. The lowest BCUT2D eigenvalue weighted by Gasteiger charge is -2.24. The number of carbonyl (C=O) groups is 3. The van der Waals surface area contributed by atoms with Gasteiger partial charge >= 0.3 is 0 Å². The van der Waals surface area contributed by atoms with Gasteiger partial charge in [0.1, 0.15) is 0 Å². The number of halogens is 2. The van der Waals surface area contributed by atoms with E-state index in [1.54, 1.807) is 38.4 Å². The second-order valence-corrected chi connectivity index (χ2v) is 9.36. The summed E-state index contributed by atoms with van der Waals surface area (Å²) in [5, 5.41) is 6.79. The molecule has 0 bridgehead atoms. The summed E-state index contributed by atoms with van der Waals surface area (Å²) in [6, 6.07) is 8.99. The molecule has 1 unspecified atom stereocenters. The summed E-state index contributed by atoms with van der Waals surface area (Å²) in [6.07, 6.45) is 3.94. The van der Waals surface area contributed by atoms with Gasteiger partial charge in [0, 0.05) is 40.2 Å². The zero-order valence-corrected chi connectivity index (χ0v) is 19.6. The summed E-state index contributed by atoms with van der Waals surface area (Å²) in [6.45, 7) is 3.81. The van der Waals surface area contributed by atoms with Gasteiger partial charge in [0.15, 0.2) is 0 Å². The number of rotatable bonds is 5. The van der Waals surface area contributed by atoms with Gasteiger partial charge in [-0.2, -0.15) is 0 Å². The topological polar surface area (TPSA) is 101 Å². The average molecular weight is 485 g/mol. The van der Waals surface area contributed by atoms with E-state index in [0.717, 1.165) is 10.9 Å². The summed E-state index contributed by atoms with van der Waals surface area (Å²) >= 11 is 12.9. The fraction of sp³-hybridized carbons (Fsp3) is 0.292. The van der Waals surface area contributed by atoms with E-state index in [0.29, 0.717) is 33.3 Å². The Labute approximate surface area is 200 Å². The van der Waals surface area contributed by atoms with E-state index in [1.165, 1.54) is 0 Å². The van der Waals surface area contributed by atoms with Crippen LogP contribution in [0.5, 0.6) is 0 Å². The second kappa shape index (κ2) is 9.08. The molecular formula is C24H22Cl2N4O3. The van der Waals surface area contributed by atoms with E-state index in [4.69, 9.17) is 23.2 Å². The van der Waals surface area contributed by atoms with Crippen LogP contribution >= 0.6 is 23.2 Å². The lowest BCUT2D eigenvalue weighted by molar-refractivity contribution is -0.134. The Morgan fingerprint density at radius 3 is 2.61 bits per heavy atom. The minimum Gasteiger partial charge on any atom is -0.351 e. The molecule has 3 aromatic rings.